The Morgan fingerprint density at radius 1 is 1.15 bits per heavy atom. The highest BCUT2D eigenvalue weighted by molar-refractivity contribution is 7.85. The minimum absolute atomic E-state index is 0.0851. The molecule has 0 bridgehead atoms. The van der Waals surface area contributed by atoms with Gasteiger partial charge in [-0.1, -0.05) is 20.8 Å². The van der Waals surface area contributed by atoms with Crippen LogP contribution >= 0.6 is 11.3 Å². The van der Waals surface area contributed by atoms with Crippen molar-refractivity contribution >= 4 is 40.7 Å². The summed E-state index contributed by atoms with van der Waals surface area (Å²) < 4.78 is 56.1. The summed E-state index contributed by atoms with van der Waals surface area (Å²) >= 11 is 1.56. The maximum atomic E-state index is 10.7. The van der Waals surface area contributed by atoms with Crippen molar-refractivity contribution in [2.45, 2.75) is 83.8 Å². The number of nitrogens with zero attached hydrogens (tertiary/aromatic N) is 3. The number of benzene rings is 1. The number of hydrogen-bond acceptors (Lipinski definition) is 9. The Morgan fingerprint density at radius 2 is 1.90 bits per heavy atom. The van der Waals surface area contributed by atoms with E-state index >= 15 is 0 Å². The number of ether oxygens (including phenoxy) is 3. The van der Waals surface area contributed by atoms with Crippen LogP contribution in [0.5, 0.6) is 5.75 Å². The molecule has 0 spiro atoms. The first-order chi connectivity index (χ1) is 19.3. The minimum Gasteiger partial charge on any atom is -0.543 e. The van der Waals surface area contributed by atoms with Crippen molar-refractivity contribution in [3.05, 3.63) is 29.4 Å². The summed E-state index contributed by atoms with van der Waals surface area (Å²) in [5.41, 5.74) is 1.90. The molecule has 1 unspecified atom stereocenters. The molecule has 1 aromatic carbocycles. The predicted octanol–water partition coefficient (Wildman–Crippen LogP) is 6.44. The molecular formula is C28H43N3O7S2Si. The van der Waals surface area contributed by atoms with Gasteiger partial charge >= 0.3 is 0 Å². The lowest BCUT2D eigenvalue weighted by molar-refractivity contribution is -0.0365. The van der Waals surface area contributed by atoms with Crippen LogP contribution in [0.3, 0.4) is 0 Å². The standard InChI is InChI=1S/C28H43N3O7S2Si/c1-28(2,3)41(4,5)38-21-11-12-23-22(18-21)27(30-31(23)26-10-6-7-16-37-26)24-19-29-25(39-24)20-36-14-8-13-35-15-9-17-40(32,33)34/h11-12,18-19,26H,6-10,13-17,20H2,1-5H3,(H,32,33,34). The maximum absolute atomic E-state index is 10.7. The van der Waals surface area contributed by atoms with Crippen molar-refractivity contribution in [3.63, 3.8) is 0 Å². The zero-order valence-electron chi connectivity index (χ0n) is 24.7. The highest BCUT2D eigenvalue weighted by atomic mass is 32.2. The fourth-order valence-corrected chi connectivity index (χ4v) is 6.66. The van der Waals surface area contributed by atoms with Gasteiger partial charge in [0.1, 0.15) is 16.5 Å². The van der Waals surface area contributed by atoms with Crippen LogP contribution in [0.2, 0.25) is 18.1 Å². The Kier molecular flexibility index (Phi) is 10.6. The number of aromatic nitrogens is 3. The lowest BCUT2D eigenvalue weighted by Crippen LogP contribution is -2.43. The molecule has 0 aliphatic carbocycles. The summed E-state index contributed by atoms with van der Waals surface area (Å²) in [6, 6.07) is 6.27. The van der Waals surface area contributed by atoms with E-state index in [2.05, 4.69) is 57.0 Å². The van der Waals surface area contributed by atoms with Crippen LogP contribution in [0.25, 0.3) is 21.5 Å². The van der Waals surface area contributed by atoms with Gasteiger partial charge in [-0.2, -0.15) is 13.5 Å². The fraction of sp³-hybridized carbons (Fsp3) is 0.643. The normalized spacial score (nSPS) is 16.9. The number of fused-ring (bicyclic) bond motifs is 1. The topological polar surface area (TPSA) is 122 Å². The SMILES string of the molecule is CC(C)(C)[Si](C)(C)Oc1ccc2c(c1)c(-c1cnc(COCCCOCCCS(=O)(=O)O)s1)nn2C1CCCCO1. The van der Waals surface area contributed by atoms with E-state index in [9.17, 15) is 8.42 Å². The number of thiazole rings is 1. The third-order valence-corrected chi connectivity index (χ3v) is 13.7. The van der Waals surface area contributed by atoms with E-state index in [1.54, 1.807) is 11.3 Å². The molecule has 3 aromatic rings. The second kappa shape index (κ2) is 13.6. The molecule has 1 atom stereocenters. The summed E-state index contributed by atoms with van der Waals surface area (Å²) in [5, 5.41) is 7.03. The van der Waals surface area contributed by atoms with Crippen LogP contribution in [0.15, 0.2) is 24.4 Å². The molecule has 1 fully saturated rings. The van der Waals surface area contributed by atoms with Gasteiger partial charge < -0.3 is 18.6 Å². The summed E-state index contributed by atoms with van der Waals surface area (Å²) in [6.45, 7) is 13.6. The molecule has 4 rings (SSSR count). The van der Waals surface area contributed by atoms with E-state index in [0.29, 0.717) is 26.2 Å². The smallest absolute Gasteiger partial charge is 0.264 e. The number of hydrogen-bond donors (Lipinski definition) is 1. The predicted molar refractivity (Wildman–Crippen MR) is 164 cm³/mol. The summed E-state index contributed by atoms with van der Waals surface area (Å²) in [4.78, 5) is 5.56. The van der Waals surface area contributed by atoms with Gasteiger partial charge in [0.15, 0.2) is 6.23 Å². The third kappa shape index (κ3) is 8.82. The van der Waals surface area contributed by atoms with E-state index < -0.39 is 18.4 Å². The summed E-state index contributed by atoms with van der Waals surface area (Å²) in [5.74, 6) is 0.574. The molecule has 10 nitrogen and oxygen atoms in total. The van der Waals surface area contributed by atoms with Gasteiger partial charge in [0.25, 0.3) is 10.1 Å². The van der Waals surface area contributed by atoms with Crippen LogP contribution in [0.1, 0.15) is 64.1 Å². The van der Waals surface area contributed by atoms with Gasteiger partial charge in [0.05, 0.1) is 22.8 Å². The van der Waals surface area contributed by atoms with Crippen LogP contribution in [0, 0.1) is 0 Å². The molecule has 228 valence electrons. The maximum Gasteiger partial charge on any atom is 0.264 e. The molecule has 1 aliphatic heterocycles. The zero-order valence-corrected chi connectivity index (χ0v) is 27.4. The Bertz CT molecular complexity index is 1390. The van der Waals surface area contributed by atoms with E-state index in [1.165, 1.54) is 0 Å². The van der Waals surface area contributed by atoms with Crippen molar-refractivity contribution in [1.82, 2.24) is 14.8 Å². The molecule has 1 aliphatic rings. The lowest BCUT2D eigenvalue weighted by atomic mass is 10.1. The van der Waals surface area contributed by atoms with Crippen LogP contribution in [-0.2, 0) is 30.9 Å². The fourth-order valence-electron chi connectivity index (χ4n) is 4.30. The Balaban J connectivity index is 1.44. The van der Waals surface area contributed by atoms with Gasteiger partial charge in [-0.05, 0) is 68.4 Å². The second-order valence-electron chi connectivity index (χ2n) is 11.9. The summed E-state index contributed by atoms with van der Waals surface area (Å²) in [6.07, 6.45) is 5.84. The van der Waals surface area contributed by atoms with Gasteiger partial charge in [0.2, 0.25) is 8.32 Å². The molecule has 2 aromatic heterocycles. The Hall–Kier alpha value is -1.87. The third-order valence-electron chi connectivity index (χ3n) is 7.57. The molecule has 1 N–H and O–H groups in total. The molecule has 0 amide bonds. The molecule has 41 heavy (non-hydrogen) atoms. The second-order valence-corrected chi connectivity index (χ2v) is 19.3. The van der Waals surface area contributed by atoms with Gasteiger partial charge in [0, 0.05) is 38.0 Å². The first-order valence-corrected chi connectivity index (χ1v) is 19.6. The van der Waals surface area contributed by atoms with E-state index in [1.807, 2.05) is 10.9 Å². The molecule has 0 radical (unpaired) electrons. The quantitative estimate of drug-likeness (QED) is 0.122. The molecular weight excluding hydrogens is 583 g/mol. The monoisotopic (exact) mass is 625 g/mol. The average Bonchev–Trinajstić information content (AvgIpc) is 3.51. The van der Waals surface area contributed by atoms with Crippen molar-refractivity contribution in [2.75, 3.05) is 32.2 Å². The lowest BCUT2D eigenvalue weighted by Gasteiger charge is -2.36. The van der Waals surface area contributed by atoms with E-state index in [4.69, 9.17) is 28.3 Å². The highest BCUT2D eigenvalue weighted by Gasteiger charge is 2.39. The molecule has 0 saturated carbocycles. The Morgan fingerprint density at radius 3 is 2.61 bits per heavy atom. The largest absolute Gasteiger partial charge is 0.543 e. The number of rotatable bonds is 14. The van der Waals surface area contributed by atoms with Gasteiger partial charge in [-0.3, -0.25) is 4.55 Å². The van der Waals surface area contributed by atoms with Crippen molar-refractivity contribution in [3.8, 4) is 16.3 Å². The van der Waals surface area contributed by atoms with Crippen LogP contribution in [0.4, 0.5) is 0 Å². The average molecular weight is 626 g/mol. The molecule has 3 heterocycles. The van der Waals surface area contributed by atoms with Crippen molar-refractivity contribution in [1.29, 1.82) is 0 Å². The highest BCUT2D eigenvalue weighted by Crippen LogP contribution is 2.40. The van der Waals surface area contributed by atoms with Crippen LogP contribution in [-0.4, -0.2) is 68.2 Å². The zero-order chi connectivity index (χ0) is 29.7. The first-order valence-electron chi connectivity index (χ1n) is 14.2. The van der Waals surface area contributed by atoms with Gasteiger partial charge in [-0.15, -0.1) is 11.3 Å². The molecule has 13 heteroatoms. The first kappa shape index (κ1) is 32.0. The molecule has 1 saturated heterocycles. The van der Waals surface area contributed by atoms with E-state index in [-0.39, 0.29) is 30.0 Å². The summed E-state index contributed by atoms with van der Waals surface area (Å²) in [7, 11) is -5.95. The van der Waals surface area contributed by atoms with E-state index in [0.717, 1.165) is 58.1 Å². The van der Waals surface area contributed by atoms with Crippen molar-refractivity contribution in [2.24, 2.45) is 0 Å². The minimum atomic E-state index is -3.93. The van der Waals surface area contributed by atoms with Crippen LogP contribution < -0.4 is 4.43 Å². The van der Waals surface area contributed by atoms with Crippen molar-refractivity contribution < 1.29 is 31.6 Å². The Labute approximate surface area is 248 Å². The van der Waals surface area contributed by atoms with Gasteiger partial charge in [-0.25, -0.2) is 9.67 Å².